The summed E-state index contributed by atoms with van der Waals surface area (Å²) >= 11 is 0. The van der Waals surface area contributed by atoms with Crippen molar-refractivity contribution in [1.29, 1.82) is 0 Å². The van der Waals surface area contributed by atoms with Gasteiger partial charge in [-0.05, 0) is 31.7 Å². The van der Waals surface area contributed by atoms with Crippen molar-refractivity contribution in [1.82, 2.24) is 15.1 Å². The summed E-state index contributed by atoms with van der Waals surface area (Å²) in [6, 6.07) is 0.0537. The van der Waals surface area contributed by atoms with Gasteiger partial charge in [-0.1, -0.05) is 13.8 Å². The average molecular weight is 253 g/mol. The van der Waals surface area contributed by atoms with Crippen molar-refractivity contribution >= 4 is 5.91 Å². The summed E-state index contributed by atoms with van der Waals surface area (Å²) in [5, 5.41) is 3.29. The third-order valence-electron chi connectivity index (χ3n) is 4.70. The second-order valence-electron chi connectivity index (χ2n) is 5.99. The van der Waals surface area contributed by atoms with Crippen LogP contribution in [0.3, 0.4) is 0 Å². The van der Waals surface area contributed by atoms with Gasteiger partial charge in [0, 0.05) is 32.7 Å². The van der Waals surface area contributed by atoms with E-state index in [-0.39, 0.29) is 6.04 Å². The molecule has 2 rings (SSSR count). The Kier molecular flexibility index (Phi) is 4.62. The molecule has 0 bridgehead atoms. The zero-order valence-electron chi connectivity index (χ0n) is 12.0. The first-order valence-electron chi connectivity index (χ1n) is 7.33. The normalized spacial score (nSPS) is 32.3. The molecule has 0 saturated carbocycles. The number of carbonyl (C=O) groups is 1. The second kappa shape index (κ2) is 6.02. The van der Waals surface area contributed by atoms with Crippen LogP contribution in [0.25, 0.3) is 0 Å². The molecular weight excluding hydrogens is 226 g/mol. The quantitative estimate of drug-likeness (QED) is 0.790. The van der Waals surface area contributed by atoms with Crippen molar-refractivity contribution in [2.24, 2.45) is 11.8 Å². The molecule has 3 atom stereocenters. The van der Waals surface area contributed by atoms with Crippen LogP contribution in [0.1, 0.15) is 27.2 Å². The molecule has 2 fully saturated rings. The Morgan fingerprint density at radius 1 is 1.17 bits per heavy atom. The van der Waals surface area contributed by atoms with Crippen molar-refractivity contribution < 1.29 is 4.79 Å². The van der Waals surface area contributed by atoms with Gasteiger partial charge in [-0.3, -0.25) is 9.69 Å². The summed E-state index contributed by atoms with van der Waals surface area (Å²) < 4.78 is 0. The number of piperazine rings is 1. The van der Waals surface area contributed by atoms with Gasteiger partial charge in [0.1, 0.15) is 0 Å². The molecule has 4 nitrogen and oxygen atoms in total. The van der Waals surface area contributed by atoms with E-state index in [1.807, 2.05) is 4.90 Å². The first-order valence-corrected chi connectivity index (χ1v) is 7.33. The molecule has 0 radical (unpaired) electrons. The second-order valence-corrected chi connectivity index (χ2v) is 5.99. The minimum atomic E-state index is 0.0537. The Hall–Kier alpha value is -0.610. The summed E-state index contributed by atoms with van der Waals surface area (Å²) in [5.74, 6) is 1.82. The van der Waals surface area contributed by atoms with E-state index >= 15 is 0 Å². The van der Waals surface area contributed by atoms with Gasteiger partial charge in [-0.2, -0.15) is 0 Å². The number of likely N-dealkylation sites (tertiary alicyclic amines) is 1. The van der Waals surface area contributed by atoms with Crippen LogP contribution in [-0.2, 0) is 4.79 Å². The molecule has 4 heteroatoms. The maximum Gasteiger partial charge on any atom is 0.239 e. The van der Waals surface area contributed by atoms with E-state index in [9.17, 15) is 4.79 Å². The molecule has 0 aromatic heterocycles. The van der Waals surface area contributed by atoms with Gasteiger partial charge in [-0.15, -0.1) is 0 Å². The summed E-state index contributed by atoms with van der Waals surface area (Å²) in [4.78, 5) is 16.8. The number of hydrogen-bond donors (Lipinski definition) is 1. The minimum Gasteiger partial charge on any atom is -0.339 e. The summed E-state index contributed by atoms with van der Waals surface area (Å²) in [6.07, 6.45) is 1.22. The van der Waals surface area contributed by atoms with Gasteiger partial charge >= 0.3 is 0 Å². The highest BCUT2D eigenvalue weighted by Gasteiger charge is 2.31. The van der Waals surface area contributed by atoms with E-state index in [0.29, 0.717) is 11.8 Å². The Morgan fingerprint density at radius 3 is 2.44 bits per heavy atom. The molecule has 2 heterocycles. The van der Waals surface area contributed by atoms with Gasteiger partial charge in [0.15, 0.2) is 0 Å². The lowest BCUT2D eigenvalue weighted by Crippen LogP contribution is -2.55. The first kappa shape index (κ1) is 13.8. The fourth-order valence-corrected chi connectivity index (χ4v) is 2.95. The largest absolute Gasteiger partial charge is 0.339 e. The van der Waals surface area contributed by atoms with Crippen LogP contribution in [0.4, 0.5) is 0 Å². The summed E-state index contributed by atoms with van der Waals surface area (Å²) in [5.41, 5.74) is 0. The van der Waals surface area contributed by atoms with Crippen LogP contribution >= 0.6 is 0 Å². The number of amides is 1. The lowest BCUT2D eigenvalue weighted by atomic mass is 9.88. The fraction of sp³-hybridized carbons (Fsp3) is 0.929. The molecule has 0 spiro atoms. The number of rotatable bonds is 2. The van der Waals surface area contributed by atoms with Crippen LogP contribution in [-0.4, -0.2) is 61.0 Å². The highest BCUT2D eigenvalue weighted by Crippen LogP contribution is 2.24. The van der Waals surface area contributed by atoms with Crippen LogP contribution in [0, 0.1) is 11.8 Å². The standard InChI is InChI=1S/C14H27N3O/c1-11-4-7-17(10-12(11)2)13(3)14(18)16-8-5-15-6-9-16/h11-13,15H,4-10H2,1-3H3. The lowest BCUT2D eigenvalue weighted by molar-refractivity contribution is -0.138. The van der Waals surface area contributed by atoms with E-state index in [1.165, 1.54) is 6.42 Å². The number of carbonyl (C=O) groups excluding carboxylic acids is 1. The van der Waals surface area contributed by atoms with Crippen molar-refractivity contribution in [3.8, 4) is 0 Å². The SMILES string of the molecule is CC1CCN(C(C)C(=O)N2CCNCC2)CC1C. The van der Waals surface area contributed by atoms with Crippen LogP contribution in [0.2, 0.25) is 0 Å². The Balaban J connectivity index is 1.89. The van der Waals surface area contributed by atoms with Gasteiger partial charge < -0.3 is 10.2 Å². The molecular formula is C14H27N3O. The predicted molar refractivity (Wildman–Crippen MR) is 73.4 cm³/mol. The molecule has 3 unspecified atom stereocenters. The molecule has 0 aromatic rings. The van der Waals surface area contributed by atoms with E-state index in [4.69, 9.17) is 0 Å². The molecule has 18 heavy (non-hydrogen) atoms. The molecule has 2 aliphatic heterocycles. The van der Waals surface area contributed by atoms with E-state index in [2.05, 4.69) is 31.0 Å². The Bertz CT molecular complexity index is 289. The zero-order valence-corrected chi connectivity index (χ0v) is 12.0. The molecule has 1 amide bonds. The smallest absolute Gasteiger partial charge is 0.239 e. The highest BCUT2D eigenvalue weighted by atomic mass is 16.2. The lowest BCUT2D eigenvalue weighted by Gasteiger charge is -2.40. The van der Waals surface area contributed by atoms with Gasteiger partial charge in [0.25, 0.3) is 0 Å². The maximum atomic E-state index is 12.4. The van der Waals surface area contributed by atoms with Crippen molar-refractivity contribution in [2.75, 3.05) is 39.3 Å². The minimum absolute atomic E-state index is 0.0537. The van der Waals surface area contributed by atoms with Gasteiger partial charge in [0.2, 0.25) is 5.91 Å². The predicted octanol–water partition coefficient (Wildman–Crippen LogP) is 0.785. The highest BCUT2D eigenvalue weighted by molar-refractivity contribution is 5.81. The fourth-order valence-electron chi connectivity index (χ4n) is 2.95. The third-order valence-corrected chi connectivity index (χ3v) is 4.70. The monoisotopic (exact) mass is 253 g/mol. The summed E-state index contributed by atoms with van der Waals surface area (Å²) in [7, 11) is 0. The molecule has 2 saturated heterocycles. The topological polar surface area (TPSA) is 35.6 Å². The third kappa shape index (κ3) is 3.04. The molecule has 0 aliphatic carbocycles. The van der Waals surface area contributed by atoms with Crippen molar-refractivity contribution in [3.05, 3.63) is 0 Å². The van der Waals surface area contributed by atoms with Crippen LogP contribution < -0.4 is 5.32 Å². The van der Waals surface area contributed by atoms with Crippen molar-refractivity contribution in [2.45, 2.75) is 33.2 Å². The number of piperidine rings is 1. The number of hydrogen-bond acceptors (Lipinski definition) is 3. The Labute approximate surface area is 111 Å². The molecule has 0 aromatic carbocycles. The first-order chi connectivity index (χ1) is 8.59. The van der Waals surface area contributed by atoms with E-state index in [1.54, 1.807) is 0 Å². The number of nitrogens with zero attached hydrogens (tertiary/aromatic N) is 2. The van der Waals surface area contributed by atoms with Gasteiger partial charge in [0.05, 0.1) is 6.04 Å². The van der Waals surface area contributed by atoms with Crippen LogP contribution in [0.15, 0.2) is 0 Å². The zero-order chi connectivity index (χ0) is 13.1. The molecule has 104 valence electrons. The maximum absolute atomic E-state index is 12.4. The van der Waals surface area contributed by atoms with Crippen LogP contribution in [0.5, 0.6) is 0 Å². The van der Waals surface area contributed by atoms with Crippen molar-refractivity contribution in [3.63, 3.8) is 0 Å². The average Bonchev–Trinajstić information content (AvgIpc) is 2.41. The van der Waals surface area contributed by atoms with E-state index < -0.39 is 0 Å². The molecule has 2 aliphatic rings. The summed E-state index contributed by atoms with van der Waals surface area (Å²) in [6.45, 7) is 12.4. The molecule has 1 N–H and O–H groups in total. The van der Waals surface area contributed by atoms with E-state index in [0.717, 1.165) is 45.2 Å². The number of nitrogens with one attached hydrogen (secondary N) is 1. The Morgan fingerprint density at radius 2 is 1.83 bits per heavy atom. The van der Waals surface area contributed by atoms with Gasteiger partial charge in [-0.25, -0.2) is 0 Å².